The molecular weight excluding hydrogens is 574 g/mol. The third kappa shape index (κ3) is 4.15. The maximum Gasteiger partial charge on any atom is 0.410 e. The van der Waals surface area contributed by atoms with Gasteiger partial charge in [0.2, 0.25) is 6.79 Å². The highest BCUT2D eigenvalue weighted by Crippen LogP contribution is 2.63. The summed E-state index contributed by atoms with van der Waals surface area (Å²) < 4.78 is 17.0. The number of likely N-dealkylation sites (tertiary alicyclic amines) is 1. The maximum atomic E-state index is 14.5. The maximum absolute atomic E-state index is 14.5. The number of amides is 1. The number of nitrogens with one attached hydrogen (secondary N) is 2. The van der Waals surface area contributed by atoms with Crippen LogP contribution in [-0.2, 0) is 14.3 Å². The summed E-state index contributed by atoms with van der Waals surface area (Å²) in [5.74, 6) is 0.753. The summed E-state index contributed by atoms with van der Waals surface area (Å²) in [6.45, 7) is 7.98. The number of nitrogens with zero attached hydrogens (tertiary/aromatic N) is 3. The van der Waals surface area contributed by atoms with Crippen molar-refractivity contribution in [2.24, 2.45) is 22.2 Å². The van der Waals surface area contributed by atoms with Gasteiger partial charge in [0.15, 0.2) is 23.1 Å². The van der Waals surface area contributed by atoms with Crippen molar-refractivity contribution in [3.63, 3.8) is 0 Å². The van der Waals surface area contributed by atoms with Crippen LogP contribution in [0.25, 0.3) is 0 Å². The molecule has 1 aromatic rings. The van der Waals surface area contributed by atoms with E-state index in [1.807, 2.05) is 45.3 Å². The number of fused-ring (bicyclic) bond motifs is 2. The van der Waals surface area contributed by atoms with Crippen molar-refractivity contribution >= 4 is 23.9 Å². The predicted molar refractivity (Wildman–Crippen MR) is 165 cm³/mol. The summed E-state index contributed by atoms with van der Waals surface area (Å²) in [7, 11) is 0. The number of carbonyl (C=O) groups is 3. The molecule has 5 unspecified atom stereocenters. The van der Waals surface area contributed by atoms with Gasteiger partial charge in [-0.05, 0) is 57.2 Å². The monoisotopic (exact) mass is 613 g/mol. The lowest BCUT2D eigenvalue weighted by molar-refractivity contribution is -0.129. The minimum absolute atomic E-state index is 0.00275. The molecule has 11 nitrogen and oxygen atoms in total. The van der Waals surface area contributed by atoms with E-state index in [0.29, 0.717) is 61.8 Å². The van der Waals surface area contributed by atoms with Gasteiger partial charge < -0.3 is 34.6 Å². The number of piperidine rings is 2. The molecule has 0 bridgehead atoms. The molecule has 6 heterocycles. The van der Waals surface area contributed by atoms with Crippen molar-refractivity contribution in [3.8, 4) is 11.5 Å². The fraction of sp³-hybridized carbons (Fsp3) is 0.529. The Morgan fingerprint density at radius 2 is 1.93 bits per heavy atom. The first kappa shape index (κ1) is 28.2. The Morgan fingerprint density at radius 3 is 2.73 bits per heavy atom. The molecule has 1 amide bonds. The van der Waals surface area contributed by atoms with E-state index in [1.54, 1.807) is 11.1 Å². The van der Waals surface area contributed by atoms with Crippen LogP contribution >= 0.6 is 0 Å². The van der Waals surface area contributed by atoms with E-state index in [0.717, 1.165) is 5.56 Å². The van der Waals surface area contributed by atoms with Crippen LogP contribution in [0.1, 0.15) is 51.5 Å². The van der Waals surface area contributed by atoms with Gasteiger partial charge in [-0.2, -0.15) is 0 Å². The number of Topliss-reactive ketones (excluding diaryl/α,β-unsaturated/α-hetero) is 2. The average Bonchev–Trinajstić information content (AvgIpc) is 3.61. The molecule has 0 spiro atoms. The van der Waals surface area contributed by atoms with Crippen LogP contribution in [0, 0.1) is 17.3 Å². The number of ether oxygens (including phenoxy) is 3. The Labute approximate surface area is 262 Å². The Balaban J connectivity index is 1.16. The minimum Gasteiger partial charge on any atom is -0.454 e. The molecular formula is C34H39N5O6. The van der Waals surface area contributed by atoms with Crippen LogP contribution in [0.3, 0.4) is 0 Å². The SMILES string of the molecule is CC(C)(C)OC(=O)N1CCC(C2CC(=O)C3=C(NC45C=NC=CC34C(c3ccc4c(c3)OCO4)C3CNC=CN3C5)C2=O)CC1. The smallest absolute Gasteiger partial charge is 0.410 e. The number of hydrogen-bond acceptors (Lipinski definition) is 10. The molecule has 5 atom stereocenters. The first-order valence-corrected chi connectivity index (χ1v) is 16.0. The van der Waals surface area contributed by atoms with Gasteiger partial charge >= 0.3 is 6.09 Å². The standard InChI is InChI=1S/C34H39N5O6/c1-32(2,3)45-31(42)38-11-6-20(7-12-38)22-15-24(40)28-29(30(22)41)37-33-17-36-9-8-34(28,33)27(23-16-35-10-13-39(23)18-33)21-4-5-25-26(14-21)44-19-43-25/h4-5,8-10,13-14,17,20,22-23,27,35,37H,6-7,11-12,15-16,18-19H2,1-3H3. The fourth-order valence-corrected chi connectivity index (χ4v) is 8.82. The molecule has 6 aliphatic heterocycles. The van der Waals surface area contributed by atoms with Crippen molar-refractivity contribution in [3.05, 3.63) is 59.7 Å². The highest BCUT2D eigenvalue weighted by Gasteiger charge is 2.70. The number of ketones is 2. The summed E-state index contributed by atoms with van der Waals surface area (Å²) in [6.07, 6.45) is 10.9. The minimum atomic E-state index is -0.830. The van der Waals surface area contributed by atoms with Crippen molar-refractivity contribution in [2.75, 3.05) is 33.0 Å². The molecule has 2 N–H and O–H groups in total. The third-order valence-electron chi connectivity index (χ3n) is 10.7. The fourth-order valence-electron chi connectivity index (χ4n) is 8.82. The molecule has 1 aromatic carbocycles. The quantitative estimate of drug-likeness (QED) is 0.518. The van der Waals surface area contributed by atoms with Crippen molar-refractivity contribution < 1.29 is 28.6 Å². The lowest BCUT2D eigenvalue weighted by Gasteiger charge is -2.60. The highest BCUT2D eigenvalue weighted by molar-refractivity contribution is 6.16. The lowest BCUT2D eigenvalue weighted by atomic mass is 9.51. The molecule has 0 radical (unpaired) electrons. The zero-order valence-corrected chi connectivity index (χ0v) is 25.9. The van der Waals surface area contributed by atoms with Gasteiger partial charge in [-0.25, -0.2) is 4.79 Å². The molecule has 1 aliphatic carbocycles. The van der Waals surface area contributed by atoms with Crippen LogP contribution in [0.2, 0.25) is 0 Å². The molecule has 7 aliphatic rings. The normalized spacial score (nSPS) is 33.3. The summed E-state index contributed by atoms with van der Waals surface area (Å²) >= 11 is 0. The number of allylic oxidation sites excluding steroid dienone is 1. The lowest BCUT2D eigenvalue weighted by Crippen LogP contribution is -2.71. The zero-order chi connectivity index (χ0) is 31.1. The van der Waals surface area contributed by atoms with Gasteiger partial charge in [0.1, 0.15) is 11.1 Å². The van der Waals surface area contributed by atoms with Crippen LogP contribution in [0.5, 0.6) is 11.5 Å². The van der Waals surface area contributed by atoms with Crippen molar-refractivity contribution in [2.45, 2.75) is 63.1 Å². The first-order valence-electron chi connectivity index (χ1n) is 16.0. The number of aliphatic imine (C=N–C) groups is 1. The van der Waals surface area contributed by atoms with Crippen LogP contribution in [-0.4, -0.2) is 83.8 Å². The molecule has 8 rings (SSSR count). The van der Waals surface area contributed by atoms with Crippen LogP contribution in [0.15, 0.2) is 59.1 Å². The largest absolute Gasteiger partial charge is 0.454 e. The average molecular weight is 614 g/mol. The van der Waals surface area contributed by atoms with E-state index in [4.69, 9.17) is 14.2 Å². The number of hydrogen-bond donors (Lipinski definition) is 2. The predicted octanol–water partition coefficient (Wildman–Crippen LogP) is 3.24. The molecule has 11 heteroatoms. The van der Waals surface area contributed by atoms with Crippen LogP contribution in [0.4, 0.5) is 4.79 Å². The Hall–Kier alpha value is -4.28. The van der Waals surface area contributed by atoms with Gasteiger partial charge in [0.05, 0.1) is 17.2 Å². The number of carbonyl (C=O) groups excluding carboxylic acids is 3. The van der Waals surface area contributed by atoms with E-state index in [1.165, 1.54) is 0 Å². The topological polar surface area (TPSA) is 122 Å². The summed E-state index contributed by atoms with van der Waals surface area (Å²) in [5, 5.41) is 7.07. The van der Waals surface area contributed by atoms with E-state index < -0.39 is 22.5 Å². The van der Waals surface area contributed by atoms with Gasteiger partial charge in [-0.15, -0.1) is 0 Å². The van der Waals surface area contributed by atoms with Gasteiger partial charge in [-0.3, -0.25) is 14.6 Å². The summed E-state index contributed by atoms with van der Waals surface area (Å²) in [5.41, 5.74) is -0.169. The number of rotatable bonds is 2. The van der Waals surface area contributed by atoms with E-state index in [-0.39, 0.29) is 48.8 Å². The van der Waals surface area contributed by atoms with E-state index >= 15 is 0 Å². The number of benzene rings is 1. The summed E-state index contributed by atoms with van der Waals surface area (Å²) in [6, 6.07) is 6.04. The van der Waals surface area contributed by atoms with E-state index in [9.17, 15) is 14.4 Å². The second-order valence-electron chi connectivity index (χ2n) is 14.3. The zero-order valence-electron chi connectivity index (χ0n) is 25.9. The van der Waals surface area contributed by atoms with Crippen molar-refractivity contribution in [1.82, 2.24) is 20.4 Å². The Morgan fingerprint density at radius 1 is 1.13 bits per heavy atom. The Kier molecular flexibility index (Phi) is 6.18. The molecule has 0 aromatic heterocycles. The van der Waals surface area contributed by atoms with Crippen LogP contribution < -0.4 is 20.1 Å². The Bertz CT molecular complexity index is 1600. The molecule has 2 saturated heterocycles. The molecule has 45 heavy (non-hydrogen) atoms. The third-order valence-corrected chi connectivity index (χ3v) is 10.7. The summed E-state index contributed by atoms with van der Waals surface area (Å²) in [4.78, 5) is 50.4. The highest BCUT2D eigenvalue weighted by atomic mass is 16.7. The first-order chi connectivity index (χ1) is 21.6. The van der Waals surface area contributed by atoms with Crippen molar-refractivity contribution in [1.29, 1.82) is 0 Å². The van der Waals surface area contributed by atoms with Gasteiger partial charge in [0.25, 0.3) is 0 Å². The van der Waals surface area contributed by atoms with Gasteiger partial charge in [0, 0.05) is 74.8 Å². The molecule has 236 valence electrons. The van der Waals surface area contributed by atoms with Gasteiger partial charge in [-0.1, -0.05) is 12.1 Å². The second kappa shape index (κ2) is 9.86. The van der Waals surface area contributed by atoms with E-state index in [2.05, 4.69) is 38.9 Å². The molecule has 2 fully saturated rings. The second-order valence-corrected chi connectivity index (χ2v) is 14.3. The molecule has 0 saturated carbocycles.